The van der Waals surface area contributed by atoms with Gasteiger partial charge in [0.05, 0.1) is 18.8 Å². The smallest absolute Gasteiger partial charge is 0.182 e. The Morgan fingerprint density at radius 3 is 2.61 bits per heavy atom. The summed E-state index contributed by atoms with van der Waals surface area (Å²) >= 11 is 3.62. The fraction of sp³-hybridized carbons (Fsp3) is 0.364. The van der Waals surface area contributed by atoms with Gasteiger partial charge in [-0.05, 0) is 61.2 Å². The van der Waals surface area contributed by atoms with Crippen LogP contribution < -0.4 is 14.9 Å². The molecule has 1 N–H and O–H groups in total. The van der Waals surface area contributed by atoms with E-state index in [1.807, 2.05) is 12.1 Å². The van der Waals surface area contributed by atoms with Crippen molar-refractivity contribution in [2.45, 2.75) is 24.6 Å². The fourth-order valence-electron chi connectivity index (χ4n) is 4.39. The molecule has 0 amide bonds. The third-order valence-electron chi connectivity index (χ3n) is 6.04. The summed E-state index contributed by atoms with van der Waals surface area (Å²) in [5.41, 5.74) is 6.80. The molecule has 5 nitrogen and oxygen atoms in total. The molecule has 146 valence electrons. The Bertz CT molecular complexity index is 920. The summed E-state index contributed by atoms with van der Waals surface area (Å²) in [6.07, 6.45) is 4.24. The molecule has 1 saturated heterocycles. The summed E-state index contributed by atoms with van der Waals surface area (Å²) in [4.78, 5) is 2.37. The van der Waals surface area contributed by atoms with E-state index in [0.717, 1.165) is 53.2 Å². The van der Waals surface area contributed by atoms with Gasteiger partial charge in [-0.2, -0.15) is 5.01 Å². The lowest BCUT2D eigenvalue weighted by molar-refractivity contribution is -0.157. The largest absolute Gasteiger partial charge is 0.497 e. The van der Waals surface area contributed by atoms with E-state index in [4.69, 9.17) is 9.47 Å². The SMILES string of the molecule is COc1ccc(C2=CC3c4cc(Br)ccc4OC4(CCN(C)CC4)N3N2)cc1. The minimum absolute atomic E-state index is 0.141. The van der Waals surface area contributed by atoms with Gasteiger partial charge in [0.15, 0.2) is 5.72 Å². The van der Waals surface area contributed by atoms with Crippen molar-refractivity contribution in [3.63, 3.8) is 0 Å². The number of nitrogens with zero attached hydrogens (tertiary/aromatic N) is 2. The van der Waals surface area contributed by atoms with E-state index >= 15 is 0 Å². The molecule has 3 aliphatic rings. The van der Waals surface area contributed by atoms with Gasteiger partial charge >= 0.3 is 0 Å². The minimum atomic E-state index is -0.331. The second-order valence-electron chi connectivity index (χ2n) is 7.77. The minimum Gasteiger partial charge on any atom is -0.497 e. The number of hydrogen-bond donors (Lipinski definition) is 1. The number of nitrogens with one attached hydrogen (secondary N) is 1. The summed E-state index contributed by atoms with van der Waals surface area (Å²) in [7, 11) is 3.87. The van der Waals surface area contributed by atoms with Crippen molar-refractivity contribution in [2.24, 2.45) is 0 Å². The molecule has 3 heterocycles. The maximum absolute atomic E-state index is 6.66. The maximum atomic E-state index is 6.66. The molecule has 1 fully saturated rings. The molecule has 1 spiro atoms. The van der Waals surface area contributed by atoms with Crippen LogP contribution in [-0.2, 0) is 0 Å². The van der Waals surface area contributed by atoms with Crippen LogP contribution in [0.15, 0.2) is 53.0 Å². The summed E-state index contributed by atoms with van der Waals surface area (Å²) < 4.78 is 13.0. The van der Waals surface area contributed by atoms with Crippen LogP contribution in [0, 0.1) is 0 Å². The van der Waals surface area contributed by atoms with E-state index in [1.165, 1.54) is 5.56 Å². The van der Waals surface area contributed by atoms with Crippen LogP contribution in [0.2, 0.25) is 0 Å². The van der Waals surface area contributed by atoms with Gasteiger partial charge in [-0.25, -0.2) is 0 Å². The average molecular weight is 442 g/mol. The van der Waals surface area contributed by atoms with Crippen LogP contribution in [0.4, 0.5) is 0 Å². The number of piperidine rings is 1. The highest BCUT2D eigenvalue weighted by molar-refractivity contribution is 9.10. The van der Waals surface area contributed by atoms with Crippen LogP contribution in [0.25, 0.3) is 5.70 Å². The lowest BCUT2D eigenvalue weighted by atomic mass is 9.93. The molecule has 0 aliphatic carbocycles. The van der Waals surface area contributed by atoms with Crippen molar-refractivity contribution in [3.8, 4) is 11.5 Å². The molecule has 2 aromatic carbocycles. The highest BCUT2D eigenvalue weighted by Gasteiger charge is 2.51. The molecular weight excluding hydrogens is 418 g/mol. The van der Waals surface area contributed by atoms with Gasteiger partial charge in [0.2, 0.25) is 0 Å². The molecule has 1 unspecified atom stereocenters. The maximum Gasteiger partial charge on any atom is 0.182 e. The Labute approximate surface area is 174 Å². The third kappa shape index (κ3) is 2.91. The molecule has 28 heavy (non-hydrogen) atoms. The second kappa shape index (κ2) is 6.79. The number of hydrogen-bond acceptors (Lipinski definition) is 5. The topological polar surface area (TPSA) is 37.0 Å². The molecule has 2 aromatic rings. The molecule has 0 bridgehead atoms. The number of ether oxygens (including phenoxy) is 2. The van der Waals surface area contributed by atoms with Crippen molar-refractivity contribution in [1.82, 2.24) is 15.3 Å². The first kappa shape index (κ1) is 18.0. The quantitative estimate of drug-likeness (QED) is 0.756. The van der Waals surface area contributed by atoms with Gasteiger partial charge in [-0.3, -0.25) is 0 Å². The van der Waals surface area contributed by atoms with E-state index in [9.17, 15) is 0 Å². The molecule has 5 rings (SSSR count). The van der Waals surface area contributed by atoms with Gasteiger partial charge < -0.3 is 19.8 Å². The second-order valence-corrected chi connectivity index (χ2v) is 8.68. The van der Waals surface area contributed by atoms with Gasteiger partial charge in [-0.15, -0.1) is 0 Å². The van der Waals surface area contributed by atoms with Gasteiger partial charge in [-0.1, -0.05) is 15.9 Å². The molecule has 3 aliphatic heterocycles. The standard InChI is InChI=1S/C22H24BrN3O2/c1-25-11-9-22(10-12-25)26-20(18-13-16(23)5-8-21(18)28-22)14-19(24-26)15-3-6-17(27-2)7-4-15/h3-8,13-14,20,24H,9-12H2,1-2H3. The van der Waals surface area contributed by atoms with Crippen LogP contribution in [0.5, 0.6) is 11.5 Å². The van der Waals surface area contributed by atoms with E-state index in [1.54, 1.807) is 7.11 Å². The van der Waals surface area contributed by atoms with Crippen LogP contribution in [0.1, 0.15) is 30.0 Å². The lowest BCUT2D eigenvalue weighted by Gasteiger charge is -2.51. The van der Waals surface area contributed by atoms with E-state index in [2.05, 4.69) is 74.7 Å². The first-order valence-electron chi connectivity index (χ1n) is 9.67. The fourth-order valence-corrected chi connectivity index (χ4v) is 4.77. The van der Waals surface area contributed by atoms with Crippen molar-refractivity contribution >= 4 is 21.6 Å². The summed E-state index contributed by atoms with van der Waals surface area (Å²) in [5.74, 6) is 1.85. The van der Waals surface area contributed by atoms with Crippen LogP contribution in [-0.4, -0.2) is 42.9 Å². The number of rotatable bonds is 2. The number of likely N-dealkylation sites (tertiary alicyclic amines) is 1. The van der Waals surface area contributed by atoms with E-state index < -0.39 is 0 Å². The van der Waals surface area contributed by atoms with Crippen molar-refractivity contribution in [2.75, 3.05) is 27.2 Å². The van der Waals surface area contributed by atoms with Gasteiger partial charge in [0, 0.05) is 36.0 Å². The summed E-state index contributed by atoms with van der Waals surface area (Å²) in [6.45, 7) is 2.04. The monoisotopic (exact) mass is 441 g/mol. The van der Waals surface area contributed by atoms with Crippen LogP contribution in [0.3, 0.4) is 0 Å². The Hall–Kier alpha value is -2.02. The number of methoxy groups -OCH3 is 1. The highest BCUT2D eigenvalue weighted by atomic mass is 79.9. The Morgan fingerprint density at radius 2 is 1.89 bits per heavy atom. The predicted molar refractivity (Wildman–Crippen MR) is 113 cm³/mol. The number of hydrazine groups is 1. The molecule has 0 aromatic heterocycles. The van der Waals surface area contributed by atoms with Gasteiger partial charge in [0.25, 0.3) is 0 Å². The molecule has 0 radical (unpaired) electrons. The van der Waals surface area contributed by atoms with Crippen LogP contribution >= 0.6 is 15.9 Å². The van der Waals surface area contributed by atoms with Crippen molar-refractivity contribution in [1.29, 1.82) is 0 Å². The summed E-state index contributed by atoms with van der Waals surface area (Å²) in [5, 5.41) is 2.33. The zero-order valence-corrected chi connectivity index (χ0v) is 17.7. The molecule has 6 heteroatoms. The number of fused-ring (bicyclic) bond motifs is 4. The first-order chi connectivity index (χ1) is 13.6. The predicted octanol–water partition coefficient (Wildman–Crippen LogP) is 4.17. The van der Waals surface area contributed by atoms with Crippen molar-refractivity contribution < 1.29 is 9.47 Å². The molecule has 0 saturated carbocycles. The lowest BCUT2D eigenvalue weighted by Crippen LogP contribution is -2.63. The third-order valence-corrected chi connectivity index (χ3v) is 6.54. The zero-order chi connectivity index (χ0) is 19.3. The normalized spacial score (nSPS) is 23.4. The number of halogens is 1. The Morgan fingerprint density at radius 1 is 1.14 bits per heavy atom. The highest BCUT2D eigenvalue weighted by Crippen LogP contribution is 2.49. The van der Waals surface area contributed by atoms with Gasteiger partial charge in [0.1, 0.15) is 11.5 Å². The van der Waals surface area contributed by atoms with Crippen molar-refractivity contribution in [3.05, 3.63) is 64.1 Å². The molecular formula is C22H24BrN3O2. The molecule has 1 atom stereocenters. The van der Waals surface area contributed by atoms with E-state index in [0.29, 0.717) is 0 Å². The van der Waals surface area contributed by atoms with E-state index in [-0.39, 0.29) is 11.8 Å². The average Bonchev–Trinajstić information content (AvgIpc) is 3.18. The first-order valence-corrected chi connectivity index (χ1v) is 10.5. The Kier molecular flexibility index (Phi) is 4.38. The number of benzene rings is 2. The Balaban J connectivity index is 1.55. The summed E-state index contributed by atoms with van der Waals surface area (Å²) in [6, 6.07) is 14.7. The zero-order valence-electron chi connectivity index (χ0n) is 16.1.